The highest BCUT2D eigenvalue weighted by molar-refractivity contribution is 5.75. The van der Waals surface area contributed by atoms with Crippen LogP contribution in [0.3, 0.4) is 0 Å². The molecule has 0 saturated heterocycles. The van der Waals surface area contributed by atoms with E-state index in [4.69, 9.17) is 14.0 Å². The molecule has 1 atom stereocenters. The summed E-state index contributed by atoms with van der Waals surface area (Å²) < 4.78 is 15.7. The van der Waals surface area contributed by atoms with Gasteiger partial charge in [0.25, 0.3) is 0 Å². The minimum atomic E-state index is -0.639. The fourth-order valence-corrected chi connectivity index (χ4v) is 1.85. The molecule has 2 heterocycles. The van der Waals surface area contributed by atoms with Crippen LogP contribution in [0.25, 0.3) is 11.5 Å². The number of esters is 1. The van der Waals surface area contributed by atoms with E-state index >= 15 is 0 Å². The Hall–Kier alpha value is -2.44. The lowest BCUT2D eigenvalue weighted by molar-refractivity contribution is -0.151. The molecule has 2 aromatic rings. The Balaban J connectivity index is 2.07. The summed E-state index contributed by atoms with van der Waals surface area (Å²) in [7, 11) is 0. The summed E-state index contributed by atoms with van der Waals surface area (Å²) in [6, 6.07) is 3.44. The number of hydrogen-bond acceptors (Lipinski definition) is 7. The number of aromatic nitrogens is 3. The van der Waals surface area contributed by atoms with E-state index in [1.165, 1.54) is 6.20 Å². The minimum absolute atomic E-state index is 0.161. The number of hydrogen-bond donors (Lipinski definition) is 0. The van der Waals surface area contributed by atoms with Crippen LogP contribution < -0.4 is 4.74 Å². The Morgan fingerprint density at radius 3 is 2.61 bits per heavy atom. The quantitative estimate of drug-likeness (QED) is 0.725. The number of ether oxygens (including phenoxy) is 2. The SMILES string of the molecule is CCOC(=O)C(CC)Oc1ccc(-c2noc(C(C)C)n2)nc1. The molecular weight excluding hydrogens is 298 g/mol. The smallest absolute Gasteiger partial charge is 0.347 e. The van der Waals surface area contributed by atoms with E-state index < -0.39 is 6.10 Å². The van der Waals surface area contributed by atoms with Gasteiger partial charge in [-0.1, -0.05) is 25.9 Å². The van der Waals surface area contributed by atoms with E-state index in [1.54, 1.807) is 19.1 Å². The first kappa shape index (κ1) is 16.9. The number of pyridine rings is 1. The van der Waals surface area contributed by atoms with Crippen molar-refractivity contribution in [3.63, 3.8) is 0 Å². The molecule has 0 aliphatic rings. The zero-order chi connectivity index (χ0) is 16.8. The van der Waals surface area contributed by atoms with E-state index in [1.807, 2.05) is 20.8 Å². The van der Waals surface area contributed by atoms with Gasteiger partial charge in [-0.3, -0.25) is 0 Å². The Bertz CT molecular complexity index is 637. The predicted octanol–water partition coefficient (Wildman–Crippen LogP) is 2.98. The van der Waals surface area contributed by atoms with Gasteiger partial charge in [-0.25, -0.2) is 9.78 Å². The van der Waals surface area contributed by atoms with Crippen molar-refractivity contribution in [1.82, 2.24) is 15.1 Å². The van der Waals surface area contributed by atoms with Crippen LogP contribution in [-0.2, 0) is 9.53 Å². The molecule has 2 rings (SSSR count). The van der Waals surface area contributed by atoms with E-state index in [-0.39, 0.29) is 11.9 Å². The molecule has 0 aliphatic carbocycles. The van der Waals surface area contributed by atoms with Gasteiger partial charge in [0.15, 0.2) is 6.10 Å². The number of carbonyl (C=O) groups is 1. The van der Waals surface area contributed by atoms with Crippen molar-refractivity contribution in [1.29, 1.82) is 0 Å². The Labute approximate surface area is 135 Å². The van der Waals surface area contributed by atoms with E-state index in [2.05, 4.69) is 15.1 Å². The van der Waals surface area contributed by atoms with Crippen LogP contribution in [0.4, 0.5) is 0 Å². The first-order valence-corrected chi connectivity index (χ1v) is 7.68. The molecule has 0 amide bonds. The van der Waals surface area contributed by atoms with Gasteiger partial charge >= 0.3 is 5.97 Å². The molecule has 124 valence electrons. The molecule has 0 bridgehead atoms. The summed E-state index contributed by atoms with van der Waals surface area (Å²) in [5, 5.41) is 3.90. The number of rotatable bonds is 7. The average Bonchev–Trinajstić information content (AvgIpc) is 3.03. The minimum Gasteiger partial charge on any atom is -0.477 e. The molecule has 23 heavy (non-hydrogen) atoms. The van der Waals surface area contributed by atoms with Gasteiger partial charge in [-0.05, 0) is 25.5 Å². The van der Waals surface area contributed by atoms with Crippen molar-refractivity contribution >= 4 is 5.97 Å². The maximum atomic E-state index is 11.7. The molecule has 7 heteroatoms. The third-order valence-electron chi connectivity index (χ3n) is 3.10. The Morgan fingerprint density at radius 1 is 1.30 bits per heavy atom. The van der Waals surface area contributed by atoms with Crippen LogP contribution in [0.1, 0.15) is 45.9 Å². The highest BCUT2D eigenvalue weighted by atomic mass is 16.6. The highest BCUT2D eigenvalue weighted by Crippen LogP contribution is 2.20. The second-order valence-corrected chi connectivity index (χ2v) is 5.26. The van der Waals surface area contributed by atoms with Gasteiger partial charge in [0, 0.05) is 5.92 Å². The number of nitrogens with zero attached hydrogens (tertiary/aromatic N) is 3. The van der Waals surface area contributed by atoms with Crippen LogP contribution in [0.5, 0.6) is 5.75 Å². The second-order valence-electron chi connectivity index (χ2n) is 5.26. The third-order valence-corrected chi connectivity index (χ3v) is 3.10. The van der Waals surface area contributed by atoms with Crippen molar-refractivity contribution in [2.24, 2.45) is 0 Å². The second kappa shape index (κ2) is 7.71. The first-order valence-electron chi connectivity index (χ1n) is 7.68. The van der Waals surface area contributed by atoms with E-state index in [9.17, 15) is 4.79 Å². The zero-order valence-electron chi connectivity index (χ0n) is 13.8. The molecule has 7 nitrogen and oxygen atoms in total. The van der Waals surface area contributed by atoms with Crippen molar-refractivity contribution in [3.8, 4) is 17.3 Å². The van der Waals surface area contributed by atoms with Crippen LogP contribution in [0, 0.1) is 0 Å². The Kier molecular flexibility index (Phi) is 5.67. The van der Waals surface area contributed by atoms with Gasteiger partial charge in [0.1, 0.15) is 11.4 Å². The molecular formula is C16H21N3O4. The van der Waals surface area contributed by atoms with Crippen molar-refractivity contribution < 1.29 is 18.8 Å². The fraction of sp³-hybridized carbons (Fsp3) is 0.500. The van der Waals surface area contributed by atoms with Gasteiger partial charge in [-0.15, -0.1) is 0 Å². The van der Waals surface area contributed by atoms with E-state index in [0.29, 0.717) is 36.2 Å². The predicted molar refractivity (Wildman–Crippen MR) is 83.0 cm³/mol. The molecule has 0 saturated carbocycles. The zero-order valence-corrected chi connectivity index (χ0v) is 13.8. The van der Waals surface area contributed by atoms with Crippen molar-refractivity contribution in [2.75, 3.05) is 6.61 Å². The van der Waals surface area contributed by atoms with Crippen LogP contribution in [-0.4, -0.2) is 33.8 Å². The lowest BCUT2D eigenvalue weighted by atomic mass is 10.2. The highest BCUT2D eigenvalue weighted by Gasteiger charge is 2.20. The van der Waals surface area contributed by atoms with Crippen LogP contribution in [0.15, 0.2) is 22.9 Å². The summed E-state index contributed by atoms with van der Waals surface area (Å²) in [6.45, 7) is 7.89. The van der Waals surface area contributed by atoms with Crippen molar-refractivity contribution in [3.05, 3.63) is 24.2 Å². The molecule has 0 spiro atoms. The summed E-state index contributed by atoms with van der Waals surface area (Å²) in [5.74, 6) is 1.27. The summed E-state index contributed by atoms with van der Waals surface area (Å²) in [6.07, 6.45) is 1.41. The lowest BCUT2D eigenvalue weighted by Crippen LogP contribution is -2.28. The standard InChI is InChI=1S/C16H21N3O4/c1-5-13(16(20)21-6-2)22-11-7-8-12(17-9-11)14-18-15(10(3)4)23-19-14/h7-10,13H,5-6H2,1-4H3. The molecule has 2 aromatic heterocycles. The Morgan fingerprint density at radius 2 is 2.09 bits per heavy atom. The molecule has 0 aromatic carbocycles. The average molecular weight is 319 g/mol. The van der Waals surface area contributed by atoms with Gasteiger partial charge in [-0.2, -0.15) is 4.98 Å². The van der Waals surface area contributed by atoms with Gasteiger partial charge < -0.3 is 14.0 Å². The number of carbonyl (C=O) groups excluding carboxylic acids is 1. The van der Waals surface area contributed by atoms with E-state index in [0.717, 1.165) is 0 Å². The summed E-state index contributed by atoms with van der Waals surface area (Å²) in [5.41, 5.74) is 0.581. The molecule has 0 N–H and O–H groups in total. The maximum absolute atomic E-state index is 11.7. The summed E-state index contributed by atoms with van der Waals surface area (Å²) in [4.78, 5) is 20.3. The lowest BCUT2D eigenvalue weighted by Gasteiger charge is -2.15. The van der Waals surface area contributed by atoms with Crippen molar-refractivity contribution in [2.45, 2.75) is 46.1 Å². The molecule has 0 fully saturated rings. The molecule has 0 radical (unpaired) electrons. The monoisotopic (exact) mass is 319 g/mol. The third kappa shape index (κ3) is 4.28. The first-order chi connectivity index (χ1) is 11.0. The fourth-order valence-electron chi connectivity index (χ4n) is 1.85. The van der Waals surface area contributed by atoms with Gasteiger partial charge in [0.2, 0.25) is 11.7 Å². The van der Waals surface area contributed by atoms with Crippen LogP contribution in [0.2, 0.25) is 0 Å². The molecule has 0 aliphatic heterocycles. The topological polar surface area (TPSA) is 87.3 Å². The largest absolute Gasteiger partial charge is 0.477 e. The van der Waals surface area contributed by atoms with Crippen LogP contribution >= 0.6 is 0 Å². The normalized spacial score (nSPS) is 12.2. The maximum Gasteiger partial charge on any atom is 0.347 e. The summed E-state index contributed by atoms with van der Waals surface area (Å²) >= 11 is 0. The van der Waals surface area contributed by atoms with Gasteiger partial charge in [0.05, 0.1) is 12.8 Å². The molecule has 1 unspecified atom stereocenters.